The minimum Gasteiger partial charge on any atom is -0.456 e. The lowest BCUT2D eigenvalue weighted by Gasteiger charge is -2.18. The minimum absolute atomic E-state index is 0.00491. The van der Waals surface area contributed by atoms with Crippen LogP contribution in [0.1, 0.15) is 27.7 Å². The fourth-order valence-electron chi connectivity index (χ4n) is 8.31. The molecule has 1 heteroatoms. The van der Waals surface area contributed by atoms with E-state index in [4.69, 9.17) is 5.79 Å². The summed E-state index contributed by atoms with van der Waals surface area (Å²) >= 11 is 0. The summed E-state index contributed by atoms with van der Waals surface area (Å²) < 4.78 is 14.5. The van der Waals surface area contributed by atoms with Crippen LogP contribution < -0.4 is 0 Å². The smallest absolute Gasteiger partial charge is 0.139 e. The topological polar surface area (TPSA) is 13.1 Å². The third-order valence-electron chi connectivity index (χ3n) is 10.9. The molecule has 1 aromatic heterocycles. The van der Waals surface area contributed by atoms with Crippen molar-refractivity contribution >= 4 is 54.3 Å². The number of furan rings is 1. The normalized spacial score (nSPS) is 12.3. The van der Waals surface area contributed by atoms with Crippen LogP contribution in [0.25, 0.3) is 98.8 Å². The molecule has 53 heavy (non-hydrogen) atoms. The molecule has 0 bridgehead atoms. The van der Waals surface area contributed by atoms with Crippen LogP contribution in [-0.4, -0.2) is 0 Å². The van der Waals surface area contributed by atoms with Crippen molar-refractivity contribution in [2.75, 3.05) is 0 Å². The monoisotopic (exact) mass is 679 g/mol. The lowest BCUT2D eigenvalue weighted by Crippen LogP contribution is -2.10. The molecule has 1 heterocycles. The molecule has 0 radical (unpaired) electrons. The summed E-state index contributed by atoms with van der Waals surface area (Å²) in [6.07, 6.45) is 0. The van der Waals surface area contributed by atoms with E-state index in [1.54, 1.807) is 0 Å². The summed E-state index contributed by atoms with van der Waals surface area (Å²) in [5, 5.41) is 9.50. The quantitative estimate of drug-likeness (QED) is 0.169. The van der Waals surface area contributed by atoms with Crippen LogP contribution >= 0.6 is 0 Å². The first-order valence-corrected chi connectivity index (χ1v) is 18.4. The summed E-state index contributed by atoms with van der Waals surface area (Å²) in [5.74, 6) is 0. The Balaban J connectivity index is 1.08. The number of para-hydroxylation sites is 1. The predicted octanol–water partition coefficient (Wildman–Crippen LogP) is 15.0. The minimum atomic E-state index is -0.00491. The maximum absolute atomic E-state index is 8.02. The Kier molecular flexibility index (Phi) is 6.88. The third kappa shape index (κ3) is 5.23. The van der Waals surface area contributed by atoms with Gasteiger partial charge in [0.1, 0.15) is 11.2 Å². The second-order valence-electron chi connectivity index (χ2n) is 15.2. The van der Waals surface area contributed by atoms with Gasteiger partial charge in [-0.05, 0) is 107 Å². The van der Waals surface area contributed by atoms with Gasteiger partial charge in [-0.15, -0.1) is 0 Å². The number of fused-ring (bicyclic) bond motifs is 6. The summed E-state index contributed by atoms with van der Waals surface area (Å²) in [6.45, 7) is 6.72. The van der Waals surface area contributed by atoms with E-state index in [-0.39, 0.29) is 5.41 Å². The highest BCUT2D eigenvalue weighted by molar-refractivity contribution is 6.21. The zero-order valence-corrected chi connectivity index (χ0v) is 30.1. The van der Waals surface area contributed by atoms with Gasteiger partial charge >= 0.3 is 0 Å². The van der Waals surface area contributed by atoms with Gasteiger partial charge in [-0.1, -0.05) is 172 Å². The highest BCUT2D eigenvalue weighted by Gasteiger charge is 2.21. The van der Waals surface area contributed by atoms with Crippen molar-refractivity contribution in [1.29, 1.82) is 0 Å². The SMILES string of the molecule is [2H]c1ccc2cc(-c3cccc(-c4c5ccccc5c(-c5ccc(-c6ccc7oc8c(C(C)(C)C)cccc8c7c6)cc5)c5ccccc45)c3)ccc2c1. The largest absolute Gasteiger partial charge is 0.456 e. The van der Waals surface area contributed by atoms with E-state index in [9.17, 15) is 0 Å². The maximum Gasteiger partial charge on any atom is 0.139 e. The molecule has 0 aliphatic heterocycles. The first-order valence-electron chi connectivity index (χ1n) is 18.9. The second kappa shape index (κ2) is 12.1. The van der Waals surface area contributed by atoms with E-state index in [1.165, 1.54) is 77.0 Å². The van der Waals surface area contributed by atoms with E-state index in [0.717, 1.165) is 27.3 Å². The maximum atomic E-state index is 8.02. The predicted molar refractivity (Wildman–Crippen MR) is 227 cm³/mol. The fourth-order valence-corrected chi connectivity index (χ4v) is 8.31. The van der Waals surface area contributed by atoms with Gasteiger partial charge in [-0.25, -0.2) is 0 Å². The molecule has 252 valence electrons. The van der Waals surface area contributed by atoms with Crippen molar-refractivity contribution in [3.63, 3.8) is 0 Å². The molecular weight excluding hydrogens is 641 g/mol. The molecule has 0 spiro atoms. The first-order chi connectivity index (χ1) is 26.3. The fraction of sp³-hybridized carbons (Fsp3) is 0.0769. The lowest BCUT2D eigenvalue weighted by molar-refractivity contribution is 0.573. The van der Waals surface area contributed by atoms with Gasteiger partial charge in [-0.3, -0.25) is 0 Å². The van der Waals surface area contributed by atoms with Gasteiger partial charge < -0.3 is 4.42 Å². The zero-order chi connectivity index (χ0) is 36.6. The Labute approximate surface area is 311 Å². The van der Waals surface area contributed by atoms with Crippen LogP contribution in [0, 0.1) is 0 Å². The summed E-state index contributed by atoms with van der Waals surface area (Å²) in [4.78, 5) is 0. The zero-order valence-electron chi connectivity index (χ0n) is 31.1. The molecular formula is C52H38O. The summed E-state index contributed by atoms with van der Waals surface area (Å²) in [6, 6.07) is 61.7. The Bertz CT molecular complexity index is 3030. The average molecular weight is 680 g/mol. The van der Waals surface area contributed by atoms with Crippen molar-refractivity contribution in [1.82, 2.24) is 0 Å². The highest BCUT2D eigenvalue weighted by Crippen LogP contribution is 2.45. The second-order valence-corrected chi connectivity index (χ2v) is 15.2. The molecule has 0 saturated carbocycles. The van der Waals surface area contributed by atoms with Gasteiger partial charge in [0.15, 0.2) is 0 Å². The third-order valence-corrected chi connectivity index (χ3v) is 10.9. The summed E-state index contributed by atoms with van der Waals surface area (Å²) in [5.41, 5.74) is 12.7. The first kappa shape index (κ1) is 30.2. The number of rotatable bonds is 4. The van der Waals surface area contributed by atoms with Gasteiger partial charge in [0.25, 0.3) is 0 Å². The molecule has 9 aromatic carbocycles. The van der Waals surface area contributed by atoms with Crippen LogP contribution in [0.4, 0.5) is 0 Å². The standard InChI is InChI=1S/C52H38O/c1-52(2,3)47-21-11-20-45-46-32-39(28-29-48(46)53-51(45)47)34-22-25-35(26-23-34)49-41-16-6-8-18-43(41)50(44-19-9-7-17-42(44)49)40-15-10-14-37(31-40)38-27-24-33-12-4-5-13-36(33)30-38/h4-32H,1-3H3/i4D. The Morgan fingerprint density at radius 1 is 0.396 bits per heavy atom. The molecule has 0 aliphatic rings. The molecule has 10 rings (SSSR count). The van der Waals surface area contributed by atoms with E-state index in [2.05, 4.69) is 172 Å². The van der Waals surface area contributed by atoms with Crippen LogP contribution in [-0.2, 0) is 5.41 Å². The summed E-state index contributed by atoms with van der Waals surface area (Å²) in [7, 11) is 0. The Morgan fingerprint density at radius 2 is 0.962 bits per heavy atom. The van der Waals surface area contributed by atoms with Crippen molar-refractivity contribution in [3.8, 4) is 44.5 Å². The molecule has 1 nitrogen and oxygen atoms in total. The molecule has 0 saturated heterocycles. The van der Waals surface area contributed by atoms with Gasteiger partial charge in [0, 0.05) is 16.3 Å². The van der Waals surface area contributed by atoms with E-state index in [0.29, 0.717) is 6.04 Å². The van der Waals surface area contributed by atoms with Crippen LogP contribution in [0.3, 0.4) is 0 Å². The molecule has 0 fully saturated rings. The lowest BCUT2D eigenvalue weighted by atomic mass is 9.85. The molecule has 0 atom stereocenters. The Hall–Kier alpha value is -6.44. The van der Waals surface area contributed by atoms with Gasteiger partial charge in [0.2, 0.25) is 0 Å². The number of hydrogen-bond donors (Lipinski definition) is 0. The number of benzene rings is 9. The van der Waals surface area contributed by atoms with Crippen LogP contribution in [0.15, 0.2) is 180 Å². The van der Waals surface area contributed by atoms with E-state index < -0.39 is 0 Å². The molecule has 0 amide bonds. The van der Waals surface area contributed by atoms with Crippen molar-refractivity contribution in [2.45, 2.75) is 26.2 Å². The van der Waals surface area contributed by atoms with Crippen LogP contribution in [0.2, 0.25) is 0 Å². The molecule has 0 unspecified atom stereocenters. The Morgan fingerprint density at radius 3 is 1.68 bits per heavy atom. The van der Waals surface area contributed by atoms with Gasteiger partial charge in [0.05, 0.1) is 1.37 Å². The van der Waals surface area contributed by atoms with Crippen molar-refractivity contribution < 1.29 is 5.79 Å². The average Bonchev–Trinajstić information content (AvgIpc) is 3.57. The molecule has 10 aromatic rings. The van der Waals surface area contributed by atoms with E-state index >= 15 is 0 Å². The van der Waals surface area contributed by atoms with Crippen molar-refractivity contribution in [3.05, 3.63) is 181 Å². The van der Waals surface area contributed by atoms with Gasteiger partial charge in [-0.2, -0.15) is 0 Å². The molecule has 0 aliphatic carbocycles. The van der Waals surface area contributed by atoms with E-state index in [1.807, 2.05) is 18.2 Å². The van der Waals surface area contributed by atoms with Crippen LogP contribution in [0.5, 0.6) is 0 Å². The van der Waals surface area contributed by atoms with Crippen molar-refractivity contribution in [2.24, 2.45) is 0 Å². The molecule has 0 N–H and O–H groups in total. The highest BCUT2D eigenvalue weighted by atomic mass is 16.3. The number of hydrogen-bond acceptors (Lipinski definition) is 1.